The van der Waals surface area contributed by atoms with Gasteiger partial charge in [-0.3, -0.25) is 0 Å². The monoisotopic (exact) mass is 419 g/mol. The molecular weight excluding hydrogens is 391 g/mol. The fourth-order valence-electron chi connectivity index (χ4n) is 3.74. The Labute approximate surface area is 185 Å². The van der Waals surface area contributed by atoms with Gasteiger partial charge in [-0.15, -0.1) is 0 Å². The van der Waals surface area contributed by atoms with Crippen molar-refractivity contribution in [1.29, 1.82) is 0 Å². The minimum absolute atomic E-state index is 0.567. The summed E-state index contributed by atoms with van der Waals surface area (Å²) in [6, 6.07) is 17.1. The summed E-state index contributed by atoms with van der Waals surface area (Å²) in [4.78, 5) is 0. The van der Waals surface area contributed by atoms with Gasteiger partial charge in [-0.1, -0.05) is 48.0 Å². The van der Waals surface area contributed by atoms with E-state index in [-0.39, 0.29) is 0 Å². The van der Waals surface area contributed by atoms with E-state index in [1.807, 2.05) is 19.9 Å². The lowest BCUT2D eigenvalue weighted by Gasteiger charge is -2.38. The van der Waals surface area contributed by atoms with Crippen LogP contribution < -0.4 is 5.46 Å². The van der Waals surface area contributed by atoms with Gasteiger partial charge in [-0.05, 0) is 104 Å². The fourth-order valence-corrected chi connectivity index (χ4v) is 3.94. The second kappa shape index (κ2) is 7.71. The Hall–Kier alpha value is -1.81. The molecular formula is C26H29BClO2. The third-order valence-corrected chi connectivity index (χ3v) is 6.88. The maximum atomic E-state index is 10.5. The molecule has 0 aromatic heterocycles. The van der Waals surface area contributed by atoms with Crippen molar-refractivity contribution in [1.82, 2.24) is 0 Å². The van der Waals surface area contributed by atoms with Crippen LogP contribution in [0.3, 0.4) is 0 Å². The van der Waals surface area contributed by atoms with Gasteiger partial charge in [0.1, 0.15) is 0 Å². The molecule has 0 atom stereocenters. The Morgan fingerprint density at radius 3 is 2.23 bits per heavy atom. The quantitative estimate of drug-likeness (QED) is 0.485. The summed E-state index contributed by atoms with van der Waals surface area (Å²) in [6.45, 7) is 9.46. The Kier molecular flexibility index (Phi) is 5.51. The van der Waals surface area contributed by atoms with Crippen molar-refractivity contribution in [3.63, 3.8) is 0 Å². The highest BCUT2D eigenvalue weighted by molar-refractivity contribution is 6.56. The van der Waals surface area contributed by atoms with E-state index in [0.29, 0.717) is 10.9 Å². The molecule has 1 radical (unpaired) electrons. The molecule has 0 saturated heterocycles. The molecule has 4 rings (SSSR count). The molecule has 0 spiro atoms. The highest BCUT2D eigenvalue weighted by atomic mass is 35.5. The van der Waals surface area contributed by atoms with Gasteiger partial charge in [0.25, 0.3) is 0 Å². The van der Waals surface area contributed by atoms with Crippen LogP contribution in [0.25, 0.3) is 21.9 Å². The molecule has 155 valence electrons. The first kappa shape index (κ1) is 21.4. The molecule has 0 amide bonds. The first-order chi connectivity index (χ1) is 14.1. The predicted molar refractivity (Wildman–Crippen MR) is 128 cm³/mol. The van der Waals surface area contributed by atoms with Crippen LogP contribution in [0.1, 0.15) is 57.6 Å². The van der Waals surface area contributed by atoms with E-state index >= 15 is 0 Å². The van der Waals surface area contributed by atoms with E-state index in [4.69, 9.17) is 16.3 Å². The SMILES string of the molecule is Cc1cc2ccccc2cc1-c1c(C2CC2)ccc(Cl)c1[B]OC(C)(C)C(C)(C)O. The molecule has 1 aliphatic rings. The lowest BCUT2D eigenvalue weighted by molar-refractivity contribution is -0.0893. The summed E-state index contributed by atoms with van der Waals surface area (Å²) in [6.07, 6.45) is 2.41. The van der Waals surface area contributed by atoms with Crippen molar-refractivity contribution >= 4 is 35.3 Å². The molecule has 3 aromatic carbocycles. The number of hydrogen-bond acceptors (Lipinski definition) is 2. The van der Waals surface area contributed by atoms with Gasteiger partial charge in [0.2, 0.25) is 0 Å². The molecule has 30 heavy (non-hydrogen) atoms. The third-order valence-electron chi connectivity index (χ3n) is 6.55. The van der Waals surface area contributed by atoms with Gasteiger partial charge in [0, 0.05) is 5.02 Å². The second-order valence-electron chi connectivity index (χ2n) is 9.52. The van der Waals surface area contributed by atoms with E-state index in [9.17, 15) is 5.11 Å². The summed E-state index contributed by atoms with van der Waals surface area (Å²) in [5.74, 6) is 0.567. The number of rotatable bonds is 6. The Bertz CT molecular complexity index is 1090. The van der Waals surface area contributed by atoms with Crippen LogP contribution >= 0.6 is 11.6 Å². The molecule has 1 saturated carbocycles. The standard InChI is InChI=1S/C26H29BClO2/c1-16-14-18-8-6-7-9-19(18)15-21(16)23-20(17-10-11-17)12-13-22(28)24(23)27-30-26(4,5)25(2,3)29/h6-9,12-15,17,29H,10-11H2,1-5H3. The Morgan fingerprint density at radius 1 is 1.00 bits per heavy atom. The normalized spacial score (nSPS) is 14.9. The van der Waals surface area contributed by atoms with Crippen molar-refractivity contribution in [2.24, 2.45) is 0 Å². The maximum absolute atomic E-state index is 10.5. The summed E-state index contributed by atoms with van der Waals surface area (Å²) in [5.41, 5.74) is 4.01. The average molecular weight is 420 g/mol. The minimum Gasteiger partial charge on any atom is -0.427 e. The van der Waals surface area contributed by atoms with Crippen LogP contribution in [0, 0.1) is 6.92 Å². The predicted octanol–water partition coefficient (Wildman–Crippen LogP) is 6.16. The van der Waals surface area contributed by atoms with Gasteiger partial charge in [0.15, 0.2) is 0 Å². The minimum atomic E-state index is -0.997. The van der Waals surface area contributed by atoms with Crippen LogP contribution in [0.2, 0.25) is 5.02 Å². The lowest BCUT2D eigenvalue weighted by atomic mass is 9.75. The van der Waals surface area contributed by atoms with Gasteiger partial charge >= 0.3 is 7.48 Å². The van der Waals surface area contributed by atoms with Crippen molar-refractivity contribution in [3.05, 3.63) is 64.7 Å². The zero-order chi connectivity index (χ0) is 21.7. The van der Waals surface area contributed by atoms with Gasteiger partial charge in [-0.2, -0.15) is 0 Å². The number of halogens is 1. The Morgan fingerprint density at radius 2 is 1.63 bits per heavy atom. The molecule has 0 heterocycles. The largest absolute Gasteiger partial charge is 0.427 e. The van der Waals surface area contributed by atoms with Crippen molar-refractivity contribution < 1.29 is 9.76 Å². The zero-order valence-electron chi connectivity index (χ0n) is 18.4. The lowest BCUT2D eigenvalue weighted by Crippen LogP contribution is -2.49. The number of benzene rings is 3. The van der Waals surface area contributed by atoms with Crippen LogP contribution in [0.5, 0.6) is 0 Å². The average Bonchev–Trinajstić information content (AvgIpc) is 3.50. The second-order valence-corrected chi connectivity index (χ2v) is 9.93. The van der Waals surface area contributed by atoms with Crippen LogP contribution in [0.4, 0.5) is 0 Å². The van der Waals surface area contributed by atoms with E-state index in [0.717, 1.165) is 11.0 Å². The first-order valence-electron chi connectivity index (χ1n) is 10.6. The molecule has 0 unspecified atom stereocenters. The topological polar surface area (TPSA) is 29.5 Å². The van der Waals surface area contributed by atoms with Crippen molar-refractivity contribution in [2.45, 2.75) is 64.6 Å². The molecule has 0 aliphatic heterocycles. The zero-order valence-corrected chi connectivity index (χ0v) is 19.2. The van der Waals surface area contributed by atoms with Gasteiger partial charge < -0.3 is 9.76 Å². The molecule has 0 bridgehead atoms. The maximum Gasteiger partial charge on any atom is 0.333 e. The summed E-state index contributed by atoms with van der Waals surface area (Å²) in [7, 11) is 1.75. The number of hydrogen-bond donors (Lipinski definition) is 1. The molecule has 1 fully saturated rings. The molecule has 1 N–H and O–H groups in total. The fraction of sp³-hybridized carbons (Fsp3) is 0.385. The Balaban J connectivity index is 1.86. The van der Waals surface area contributed by atoms with Gasteiger partial charge in [-0.25, -0.2) is 0 Å². The van der Waals surface area contributed by atoms with Crippen molar-refractivity contribution in [3.8, 4) is 11.1 Å². The number of aryl methyl sites for hydroxylation is 1. The summed E-state index contributed by atoms with van der Waals surface area (Å²) in [5, 5.41) is 13.6. The summed E-state index contributed by atoms with van der Waals surface area (Å²) < 4.78 is 6.15. The smallest absolute Gasteiger partial charge is 0.333 e. The molecule has 1 aliphatic carbocycles. The molecule has 2 nitrogen and oxygen atoms in total. The van der Waals surface area contributed by atoms with Gasteiger partial charge in [0.05, 0.1) is 11.2 Å². The van der Waals surface area contributed by atoms with Crippen LogP contribution in [-0.2, 0) is 4.65 Å². The molecule has 4 heteroatoms. The number of fused-ring (bicyclic) bond motifs is 1. The van der Waals surface area contributed by atoms with E-state index in [1.54, 1.807) is 21.3 Å². The summed E-state index contributed by atoms with van der Waals surface area (Å²) >= 11 is 6.72. The van der Waals surface area contributed by atoms with Crippen LogP contribution in [-0.4, -0.2) is 23.8 Å². The van der Waals surface area contributed by atoms with E-state index < -0.39 is 11.2 Å². The highest BCUT2D eigenvalue weighted by Crippen LogP contribution is 2.45. The van der Waals surface area contributed by atoms with E-state index in [1.165, 1.54) is 40.3 Å². The highest BCUT2D eigenvalue weighted by Gasteiger charge is 2.37. The van der Waals surface area contributed by atoms with E-state index in [2.05, 4.69) is 49.4 Å². The first-order valence-corrected chi connectivity index (χ1v) is 11.0. The van der Waals surface area contributed by atoms with Crippen LogP contribution in [0.15, 0.2) is 48.5 Å². The third kappa shape index (κ3) is 4.03. The van der Waals surface area contributed by atoms with Crippen molar-refractivity contribution in [2.75, 3.05) is 0 Å². The number of aliphatic hydroxyl groups is 1. The molecule has 3 aromatic rings.